The van der Waals surface area contributed by atoms with Crippen LogP contribution in [-0.4, -0.2) is 22.6 Å². The lowest BCUT2D eigenvalue weighted by Crippen LogP contribution is -2.23. The van der Waals surface area contributed by atoms with Gasteiger partial charge >= 0.3 is 11.7 Å². The number of nitrogens with zero attached hydrogens (tertiary/aromatic N) is 2. The average Bonchev–Trinajstić information content (AvgIpc) is 2.42. The molecule has 0 radical (unpaired) electrons. The van der Waals surface area contributed by atoms with Crippen molar-refractivity contribution in [2.24, 2.45) is 0 Å². The summed E-state index contributed by atoms with van der Waals surface area (Å²) < 4.78 is 19.6. The minimum absolute atomic E-state index is 0.133. The van der Waals surface area contributed by atoms with Crippen molar-refractivity contribution in [2.45, 2.75) is 13.5 Å². The van der Waals surface area contributed by atoms with E-state index in [9.17, 15) is 14.0 Å². The van der Waals surface area contributed by atoms with Gasteiger partial charge in [0, 0.05) is 12.4 Å². The maximum Gasteiger partial charge on any atom is 0.347 e. The molecule has 1 heterocycles. The number of rotatable bonds is 3. The third-order valence-corrected chi connectivity index (χ3v) is 2.78. The number of aromatic nitrogens is 2. The van der Waals surface area contributed by atoms with Gasteiger partial charge in [0.05, 0.1) is 19.2 Å². The third kappa shape index (κ3) is 2.90. The lowest BCUT2D eigenvalue weighted by molar-refractivity contribution is 0.0595. The molecule has 20 heavy (non-hydrogen) atoms. The summed E-state index contributed by atoms with van der Waals surface area (Å²) >= 11 is 0. The van der Waals surface area contributed by atoms with Crippen LogP contribution in [-0.2, 0) is 11.3 Å². The van der Waals surface area contributed by atoms with Crippen LogP contribution in [0.5, 0.6) is 0 Å². The summed E-state index contributed by atoms with van der Waals surface area (Å²) in [6.07, 6.45) is 3.11. The second-order valence-electron chi connectivity index (χ2n) is 4.35. The van der Waals surface area contributed by atoms with Gasteiger partial charge in [0.15, 0.2) is 0 Å². The van der Waals surface area contributed by atoms with Gasteiger partial charge in [0.2, 0.25) is 0 Å². The number of esters is 1. The van der Waals surface area contributed by atoms with Gasteiger partial charge in [-0.1, -0.05) is 6.07 Å². The first-order valence-electron chi connectivity index (χ1n) is 5.91. The Morgan fingerprint density at radius 3 is 2.85 bits per heavy atom. The second kappa shape index (κ2) is 5.64. The molecule has 6 heteroatoms. The summed E-state index contributed by atoms with van der Waals surface area (Å²) in [6.45, 7) is 2.00. The van der Waals surface area contributed by atoms with Crippen LogP contribution in [0.1, 0.15) is 21.5 Å². The summed E-state index contributed by atoms with van der Waals surface area (Å²) in [5.41, 5.74) is 0.847. The quantitative estimate of drug-likeness (QED) is 0.798. The predicted octanol–water partition coefficient (Wildman–Crippen LogP) is 1.53. The molecule has 0 unspecified atom stereocenters. The number of halogens is 1. The number of methoxy groups -OCH3 is 1. The molecule has 104 valence electrons. The van der Waals surface area contributed by atoms with Crippen molar-refractivity contribution < 1.29 is 13.9 Å². The van der Waals surface area contributed by atoms with Gasteiger partial charge < -0.3 is 4.74 Å². The highest BCUT2D eigenvalue weighted by molar-refractivity contribution is 5.89. The van der Waals surface area contributed by atoms with E-state index in [0.717, 1.165) is 5.56 Å². The Bertz CT molecular complexity index is 710. The molecule has 0 N–H and O–H groups in total. The Hall–Kier alpha value is -2.50. The fourth-order valence-electron chi connectivity index (χ4n) is 1.81. The molecule has 0 amide bonds. The zero-order chi connectivity index (χ0) is 14.7. The van der Waals surface area contributed by atoms with E-state index in [1.54, 1.807) is 12.3 Å². The SMILES string of the molecule is COC(=O)c1ccc(Cn2cc(C)cnc2=O)cc1F. The Morgan fingerprint density at radius 1 is 1.45 bits per heavy atom. The Morgan fingerprint density at radius 2 is 2.20 bits per heavy atom. The van der Waals surface area contributed by atoms with E-state index in [4.69, 9.17) is 0 Å². The van der Waals surface area contributed by atoms with E-state index >= 15 is 0 Å². The Labute approximate surface area is 114 Å². The van der Waals surface area contributed by atoms with Crippen molar-refractivity contribution in [3.8, 4) is 0 Å². The first kappa shape index (κ1) is 13.9. The summed E-state index contributed by atoms with van der Waals surface area (Å²) in [6, 6.07) is 4.12. The molecular formula is C14H13FN2O3. The smallest absolute Gasteiger partial charge is 0.347 e. The molecule has 0 fully saturated rings. The van der Waals surface area contributed by atoms with Crippen LogP contribution >= 0.6 is 0 Å². The van der Waals surface area contributed by atoms with Gasteiger partial charge in [0.25, 0.3) is 0 Å². The molecule has 2 aromatic rings. The summed E-state index contributed by atoms with van der Waals surface area (Å²) in [7, 11) is 1.19. The molecule has 0 saturated heterocycles. The molecule has 2 rings (SSSR count). The first-order chi connectivity index (χ1) is 9.51. The van der Waals surface area contributed by atoms with Gasteiger partial charge in [-0.2, -0.15) is 0 Å². The molecule has 1 aromatic heterocycles. The molecule has 0 spiro atoms. The molecular weight excluding hydrogens is 263 g/mol. The number of hydrogen-bond donors (Lipinski definition) is 0. The minimum atomic E-state index is -0.733. The number of carbonyl (C=O) groups is 1. The highest BCUT2D eigenvalue weighted by atomic mass is 19.1. The number of carbonyl (C=O) groups excluding carboxylic acids is 1. The number of benzene rings is 1. The van der Waals surface area contributed by atoms with E-state index in [-0.39, 0.29) is 12.1 Å². The average molecular weight is 276 g/mol. The van der Waals surface area contributed by atoms with E-state index < -0.39 is 17.5 Å². The standard InChI is InChI=1S/C14H13FN2O3/c1-9-6-16-14(19)17(7-9)8-10-3-4-11(12(15)5-10)13(18)20-2/h3-7H,8H2,1-2H3. The van der Waals surface area contributed by atoms with Crippen LogP contribution in [0, 0.1) is 12.7 Å². The van der Waals surface area contributed by atoms with Crippen molar-refractivity contribution in [3.63, 3.8) is 0 Å². The summed E-state index contributed by atoms with van der Waals surface area (Å²) in [5.74, 6) is -1.41. The Balaban J connectivity index is 2.31. The summed E-state index contributed by atoms with van der Waals surface area (Å²) in [4.78, 5) is 26.5. The van der Waals surface area contributed by atoms with Crippen molar-refractivity contribution in [1.82, 2.24) is 9.55 Å². The molecule has 0 bridgehead atoms. The molecule has 0 atom stereocenters. The number of hydrogen-bond acceptors (Lipinski definition) is 4. The second-order valence-corrected chi connectivity index (χ2v) is 4.35. The van der Waals surface area contributed by atoms with Crippen molar-refractivity contribution in [1.29, 1.82) is 0 Å². The molecule has 5 nitrogen and oxygen atoms in total. The van der Waals surface area contributed by atoms with Crippen molar-refractivity contribution in [2.75, 3.05) is 7.11 Å². The van der Waals surface area contributed by atoms with E-state index in [0.29, 0.717) is 5.56 Å². The zero-order valence-corrected chi connectivity index (χ0v) is 11.1. The normalized spacial score (nSPS) is 10.3. The predicted molar refractivity (Wildman–Crippen MR) is 70.1 cm³/mol. The fraction of sp³-hybridized carbons (Fsp3) is 0.214. The van der Waals surface area contributed by atoms with Crippen molar-refractivity contribution >= 4 is 5.97 Å². The van der Waals surface area contributed by atoms with Crippen LogP contribution in [0.25, 0.3) is 0 Å². The minimum Gasteiger partial charge on any atom is -0.465 e. The lowest BCUT2D eigenvalue weighted by Gasteiger charge is -2.07. The van der Waals surface area contributed by atoms with Crippen molar-refractivity contribution in [3.05, 3.63) is 63.6 Å². The van der Waals surface area contributed by atoms with Gasteiger partial charge in [-0.05, 0) is 30.2 Å². The summed E-state index contributed by atoms with van der Waals surface area (Å²) in [5, 5.41) is 0. The maximum atomic E-state index is 13.8. The molecule has 0 aliphatic rings. The first-order valence-corrected chi connectivity index (χ1v) is 5.91. The van der Waals surface area contributed by atoms with Gasteiger partial charge in [-0.15, -0.1) is 0 Å². The van der Waals surface area contributed by atoms with Crippen LogP contribution < -0.4 is 5.69 Å². The van der Waals surface area contributed by atoms with Crippen LogP contribution in [0.3, 0.4) is 0 Å². The van der Waals surface area contributed by atoms with E-state index in [1.165, 1.54) is 30.0 Å². The molecule has 1 aromatic carbocycles. The highest BCUT2D eigenvalue weighted by Crippen LogP contribution is 2.12. The molecule has 0 aliphatic carbocycles. The van der Waals surface area contributed by atoms with Gasteiger partial charge in [-0.25, -0.2) is 19.0 Å². The van der Waals surface area contributed by atoms with Crippen LogP contribution in [0.15, 0.2) is 35.4 Å². The number of aryl methyl sites for hydroxylation is 1. The van der Waals surface area contributed by atoms with Crippen LogP contribution in [0.4, 0.5) is 4.39 Å². The number of ether oxygens (including phenoxy) is 1. The lowest BCUT2D eigenvalue weighted by atomic mass is 10.1. The molecule has 0 aliphatic heterocycles. The van der Waals surface area contributed by atoms with E-state index in [1.807, 2.05) is 6.92 Å². The zero-order valence-electron chi connectivity index (χ0n) is 11.1. The monoisotopic (exact) mass is 276 g/mol. The van der Waals surface area contributed by atoms with Gasteiger partial charge in [0.1, 0.15) is 5.82 Å². The Kier molecular flexibility index (Phi) is 3.93. The van der Waals surface area contributed by atoms with Gasteiger partial charge in [-0.3, -0.25) is 4.57 Å². The maximum absolute atomic E-state index is 13.8. The highest BCUT2D eigenvalue weighted by Gasteiger charge is 2.12. The topological polar surface area (TPSA) is 61.2 Å². The fourth-order valence-corrected chi connectivity index (χ4v) is 1.81. The van der Waals surface area contributed by atoms with Crippen LogP contribution in [0.2, 0.25) is 0 Å². The van der Waals surface area contributed by atoms with E-state index in [2.05, 4.69) is 9.72 Å². The third-order valence-electron chi connectivity index (χ3n) is 2.78. The molecule has 0 saturated carbocycles. The largest absolute Gasteiger partial charge is 0.465 e.